The topological polar surface area (TPSA) is 71.2 Å². The fourth-order valence-electron chi connectivity index (χ4n) is 1.37. The molecular weight excluding hydrogens is 285 g/mol. The molecule has 0 saturated heterocycles. The van der Waals surface area contributed by atoms with E-state index >= 15 is 0 Å². The van der Waals surface area contributed by atoms with E-state index in [2.05, 4.69) is 10.2 Å². The normalized spacial score (nSPS) is 11.6. The number of carboxylic acid groups (broad SMARTS) is 1. The van der Waals surface area contributed by atoms with Gasteiger partial charge in [-0.25, -0.2) is 0 Å². The van der Waals surface area contributed by atoms with Crippen molar-refractivity contribution in [2.45, 2.75) is 18.3 Å². The van der Waals surface area contributed by atoms with E-state index in [1.54, 1.807) is 6.92 Å². The monoisotopic (exact) mass is 298 g/mol. The SMILES string of the molecule is CCN(CC(F)(F)F)c1nnc(SCC(=O)O)n1C. The summed E-state index contributed by atoms with van der Waals surface area (Å²) in [6.45, 7) is 0.568. The third-order valence-electron chi connectivity index (χ3n) is 2.17. The van der Waals surface area contributed by atoms with Gasteiger partial charge < -0.3 is 10.0 Å². The van der Waals surface area contributed by atoms with E-state index in [1.807, 2.05) is 0 Å². The Morgan fingerprint density at radius 3 is 2.58 bits per heavy atom. The molecule has 1 aromatic rings. The summed E-state index contributed by atoms with van der Waals surface area (Å²) >= 11 is 0.904. The second-order valence-electron chi connectivity index (χ2n) is 3.65. The van der Waals surface area contributed by atoms with Gasteiger partial charge in [0, 0.05) is 13.6 Å². The highest BCUT2D eigenvalue weighted by Crippen LogP contribution is 2.23. The summed E-state index contributed by atoms with van der Waals surface area (Å²) in [6.07, 6.45) is -4.34. The molecule has 0 aromatic carbocycles. The van der Waals surface area contributed by atoms with E-state index in [4.69, 9.17) is 5.11 Å². The van der Waals surface area contributed by atoms with Gasteiger partial charge in [0.25, 0.3) is 0 Å². The molecule has 0 atom stereocenters. The zero-order chi connectivity index (χ0) is 14.6. The zero-order valence-corrected chi connectivity index (χ0v) is 11.1. The van der Waals surface area contributed by atoms with Gasteiger partial charge in [0.2, 0.25) is 5.95 Å². The summed E-state index contributed by atoms with van der Waals surface area (Å²) in [6, 6.07) is 0. The van der Waals surface area contributed by atoms with Crippen LogP contribution in [0.4, 0.5) is 19.1 Å². The second kappa shape index (κ2) is 6.13. The van der Waals surface area contributed by atoms with Crippen LogP contribution in [-0.2, 0) is 11.8 Å². The predicted molar refractivity (Wildman–Crippen MR) is 63.3 cm³/mol. The van der Waals surface area contributed by atoms with Crippen LogP contribution in [0, 0.1) is 0 Å². The van der Waals surface area contributed by atoms with Crippen molar-refractivity contribution < 1.29 is 23.1 Å². The molecule has 1 rings (SSSR count). The number of aromatic nitrogens is 3. The molecule has 1 aromatic heterocycles. The van der Waals surface area contributed by atoms with Gasteiger partial charge in [-0.05, 0) is 6.92 Å². The van der Waals surface area contributed by atoms with Crippen molar-refractivity contribution in [2.75, 3.05) is 23.7 Å². The number of halogens is 3. The maximum Gasteiger partial charge on any atom is 0.406 e. The smallest absolute Gasteiger partial charge is 0.406 e. The summed E-state index contributed by atoms with van der Waals surface area (Å²) in [5.41, 5.74) is 0. The Labute approximate surface area is 111 Å². The van der Waals surface area contributed by atoms with Crippen molar-refractivity contribution >= 4 is 23.7 Å². The summed E-state index contributed by atoms with van der Waals surface area (Å²) in [5, 5.41) is 16.2. The molecule has 0 bridgehead atoms. The fourth-order valence-corrected chi connectivity index (χ4v) is 2.00. The van der Waals surface area contributed by atoms with Crippen LogP contribution in [0.15, 0.2) is 5.16 Å². The lowest BCUT2D eigenvalue weighted by atomic mass is 10.5. The summed E-state index contributed by atoms with van der Waals surface area (Å²) in [7, 11) is 1.50. The van der Waals surface area contributed by atoms with Crippen molar-refractivity contribution in [3.63, 3.8) is 0 Å². The first kappa shape index (κ1) is 15.6. The Morgan fingerprint density at radius 2 is 2.11 bits per heavy atom. The molecule has 0 aliphatic carbocycles. The number of hydrogen-bond acceptors (Lipinski definition) is 5. The largest absolute Gasteiger partial charge is 0.481 e. The van der Waals surface area contributed by atoms with E-state index in [-0.39, 0.29) is 23.4 Å². The highest BCUT2D eigenvalue weighted by molar-refractivity contribution is 7.99. The Hall–Kier alpha value is -1.45. The lowest BCUT2D eigenvalue weighted by molar-refractivity contribution is -0.134. The molecule has 10 heteroatoms. The van der Waals surface area contributed by atoms with Gasteiger partial charge in [-0.1, -0.05) is 11.8 Å². The van der Waals surface area contributed by atoms with Gasteiger partial charge in [0.1, 0.15) is 6.54 Å². The van der Waals surface area contributed by atoms with E-state index in [9.17, 15) is 18.0 Å². The maximum absolute atomic E-state index is 12.4. The number of aliphatic carboxylic acids is 1. The minimum atomic E-state index is -4.34. The second-order valence-corrected chi connectivity index (χ2v) is 4.60. The van der Waals surface area contributed by atoms with Crippen molar-refractivity contribution in [2.24, 2.45) is 7.05 Å². The molecule has 0 fully saturated rings. The Bertz CT molecular complexity index is 449. The van der Waals surface area contributed by atoms with Gasteiger partial charge >= 0.3 is 12.1 Å². The molecule has 0 spiro atoms. The number of anilines is 1. The van der Waals surface area contributed by atoms with E-state index in [0.717, 1.165) is 16.7 Å². The number of alkyl halides is 3. The average Bonchev–Trinajstić information content (AvgIpc) is 2.64. The Kier molecular flexibility index (Phi) is 5.04. The minimum absolute atomic E-state index is 0.0627. The number of hydrogen-bond donors (Lipinski definition) is 1. The predicted octanol–water partition coefficient (Wildman–Crippen LogP) is 1.38. The Balaban J connectivity index is 2.85. The number of nitrogens with zero attached hydrogens (tertiary/aromatic N) is 4. The quantitative estimate of drug-likeness (QED) is 0.800. The van der Waals surface area contributed by atoms with Crippen LogP contribution < -0.4 is 4.90 Å². The van der Waals surface area contributed by atoms with Gasteiger partial charge in [-0.3, -0.25) is 9.36 Å². The fraction of sp³-hybridized carbons (Fsp3) is 0.667. The highest BCUT2D eigenvalue weighted by atomic mass is 32.2. The molecule has 0 saturated carbocycles. The van der Waals surface area contributed by atoms with E-state index in [0.29, 0.717) is 0 Å². The van der Waals surface area contributed by atoms with E-state index in [1.165, 1.54) is 11.6 Å². The van der Waals surface area contributed by atoms with Crippen LogP contribution in [-0.4, -0.2) is 50.9 Å². The van der Waals surface area contributed by atoms with E-state index < -0.39 is 18.7 Å². The van der Waals surface area contributed by atoms with Crippen LogP contribution in [0.3, 0.4) is 0 Å². The minimum Gasteiger partial charge on any atom is -0.481 e. The zero-order valence-electron chi connectivity index (χ0n) is 10.3. The third-order valence-corrected chi connectivity index (χ3v) is 3.18. The molecule has 0 amide bonds. The lowest BCUT2D eigenvalue weighted by Crippen LogP contribution is -2.35. The molecule has 1 N–H and O–H groups in total. The standard InChI is InChI=1S/C9H13F3N4O2S/c1-3-16(5-9(10,11)12)7-13-14-8(15(7)2)19-4-6(17)18/h3-5H2,1-2H3,(H,17,18). The number of thioether (sulfide) groups is 1. The molecule has 1 heterocycles. The van der Waals surface area contributed by atoms with Crippen LogP contribution in [0.5, 0.6) is 0 Å². The van der Waals surface area contributed by atoms with Crippen LogP contribution in [0.1, 0.15) is 6.92 Å². The molecule has 19 heavy (non-hydrogen) atoms. The van der Waals surface area contributed by atoms with Crippen LogP contribution >= 0.6 is 11.8 Å². The maximum atomic E-state index is 12.4. The summed E-state index contributed by atoms with van der Waals surface area (Å²) in [4.78, 5) is 11.5. The number of carbonyl (C=O) groups is 1. The lowest BCUT2D eigenvalue weighted by Gasteiger charge is -2.22. The molecule has 0 radical (unpaired) electrons. The highest BCUT2D eigenvalue weighted by Gasteiger charge is 2.32. The van der Waals surface area contributed by atoms with Gasteiger partial charge in [-0.15, -0.1) is 10.2 Å². The van der Waals surface area contributed by atoms with Crippen molar-refractivity contribution in [1.82, 2.24) is 14.8 Å². The average molecular weight is 298 g/mol. The van der Waals surface area contributed by atoms with Gasteiger partial charge in [0.05, 0.1) is 5.75 Å². The molecule has 0 unspecified atom stereocenters. The van der Waals surface area contributed by atoms with Gasteiger partial charge in [0.15, 0.2) is 5.16 Å². The molecule has 108 valence electrons. The first-order valence-corrected chi connectivity index (χ1v) is 6.28. The van der Waals surface area contributed by atoms with Crippen molar-refractivity contribution in [3.8, 4) is 0 Å². The molecule has 0 aliphatic heterocycles. The molecule has 6 nitrogen and oxygen atoms in total. The first-order valence-electron chi connectivity index (χ1n) is 5.30. The third kappa shape index (κ3) is 4.62. The van der Waals surface area contributed by atoms with Crippen molar-refractivity contribution in [1.29, 1.82) is 0 Å². The molecular formula is C9H13F3N4O2S. The summed E-state index contributed by atoms with van der Waals surface area (Å²) in [5.74, 6) is -1.19. The number of rotatable bonds is 6. The van der Waals surface area contributed by atoms with Crippen LogP contribution in [0.2, 0.25) is 0 Å². The summed E-state index contributed by atoms with van der Waals surface area (Å²) < 4.78 is 38.5. The van der Waals surface area contributed by atoms with Crippen molar-refractivity contribution in [3.05, 3.63) is 0 Å². The molecule has 0 aliphatic rings. The van der Waals surface area contributed by atoms with Crippen LogP contribution in [0.25, 0.3) is 0 Å². The first-order chi connectivity index (χ1) is 8.74. The number of carboxylic acids is 1. The Morgan fingerprint density at radius 1 is 1.47 bits per heavy atom. The van der Waals surface area contributed by atoms with Gasteiger partial charge in [-0.2, -0.15) is 13.2 Å².